The molecule has 0 fully saturated rings. The molecule has 1 amide bonds. The van der Waals surface area contributed by atoms with Crippen LogP contribution in [-0.4, -0.2) is 10.9 Å². The molecule has 0 aliphatic heterocycles. The average molecular weight is 362 g/mol. The summed E-state index contributed by atoms with van der Waals surface area (Å²) < 4.78 is 1.91. The number of amides is 1. The Morgan fingerprint density at radius 1 is 1.29 bits per heavy atom. The molecule has 0 aliphatic rings. The first-order valence-electron chi connectivity index (χ1n) is 6.26. The minimum Gasteiger partial charge on any atom is -0.375 e. The molecule has 0 spiro atoms. The molecule has 21 heavy (non-hydrogen) atoms. The first kappa shape index (κ1) is 14.0. The molecule has 2 aromatic carbocycles. The lowest BCUT2D eigenvalue weighted by Gasteiger charge is -2.07. The van der Waals surface area contributed by atoms with Gasteiger partial charge >= 0.3 is 0 Å². The second-order valence-corrected chi connectivity index (χ2v) is 6.63. The van der Waals surface area contributed by atoms with E-state index >= 15 is 0 Å². The van der Waals surface area contributed by atoms with Gasteiger partial charge in [0.1, 0.15) is 0 Å². The maximum Gasteiger partial charge on any atom is 0.255 e. The second-order valence-electron chi connectivity index (χ2n) is 4.65. The summed E-state index contributed by atoms with van der Waals surface area (Å²) in [7, 11) is 0. The van der Waals surface area contributed by atoms with Gasteiger partial charge in [-0.2, -0.15) is 0 Å². The Kier molecular flexibility index (Phi) is 3.65. The lowest BCUT2D eigenvalue weighted by molar-refractivity contribution is 0.102. The molecule has 0 radical (unpaired) electrons. The minimum absolute atomic E-state index is 0.140. The highest BCUT2D eigenvalue weighted by Gasteiger charge is 2.10. The van der Waals surface area contributed by atoms with Gasteiger partial charge in [0.05, 0.1) is 10.2 Å². The maximum atomic E-state index is 12.2. The van der Waals surface area contributed by atoms with Crippen molar-refractivity contribution in [2.45, 2.75) is 6.92 Å². The number of nitrogens with two attached hydrogens (primary N) is 1. The monoisotopic (exact) mass is 361 g/mol. The summed E-state index contributed by atoms with van der Waals surface area (Å²) in [4.78, 5) is 16.5. The van der Waals surface area contributed by atoms with Gasteiger partial charge in [-0.05, 0) is 48.9 Å². The van der Waals surface area contributed by atoms with Crippen LogP contribution in [0.15, 0.2) is 40.9 Å². The Hall–Kier alpha value is -1.92. The van der Waals surface area contributed by atoms with E-state index in [1.165, 1.54) is 11.3 Å². The number of nitrogens with zero attached hydrogens (tertiary/aromatic N) is 1. The highest BCUT2D eigenvalue weighted by molar-refractivity contribution is 9.10. The lowest BCUT2D eigenvalue weighted by Crippen LogP contribution is -2.11. The van der Waals surface area contributed by atoms with Gasteiger partial charge in [0.2, 0.25) is 0 Å². The Balaban J connectivity index is 1.90. The number of nitrogens with one attached hydrogen (secondary N) is 1. The number of benzene rings is 2. The van der Waals surface area contributed by atoms with Gasteiger partial charge in [0.15, 0.2) is 5.13 Å². The summed E-state index contributed by atoms with van der Waals surface area (Å²) in [6.45, 7) is 1.96. The third-order valence-corrected chi connectivity index (χ3v) is 4.43. The van der Waals surface area contributed by atoms with Crippen molar-refractivity contribution in [3.05, 3.63) is 52.0 Å². The SMILES string of the molecule is Cc1cc(NC(=O)c2ccc(Br)cc2)cc2sc(N)nc12. The average Bonchev–Trinajstić information content (AvgIpc) is 2.80. The molecule has 0 bridgehead atoms. The predicted molar refractivity (Wildman–Crippen MR) is 90.9 cm³/mol. The van der Waals surface area contributed by atoms with Crippen molar-refractivity contribution in [1.82, 2.24) is 4.98 Å². The fourth-order valence-electron chi connectivity index (χ4n) is 2.09. The Bertz CT molecular complexity index is 827. The molecule has 106 valence electrons. The molecular formula is C15H12BrN3OS. The molecule has 6 heteroatoms. The topological polar surface area (TPSA) is 68.0 Å². The number of thiazole rings is 1. The first-order chi connectivity index (χ1) is 10.0. The van der Waals surface area contributed by atoms with Crippen molar-refractivity contribution in [3.63, 3.8) is 0 Å². The summed E-state index contributed by atoms with van der Waals surface area (Å²) in [5.74, 6) is -0.140. The van der Waals surface area contributed by atoms with Gasteiger partial charge in [-0.1, -0.05) is 27.3 Å². The molecule has 3 N–H and O–H groups in total. The van der Waals surface area contributed by atoms with Crippen molar-refractivity contribution in [2.24, 2.45) is 0 Å². The third-order valence-electron chi connectivity index (χ3n) is 3.07. The number of carbonyl (C=O) groups excluding carboxylic acids is 1. The van der Waals surface area contributed by atoms with Crippen LogP contribution in [0.2, 0.25) is 0 Å². The molecule has 0 saturated heterocycles. The zero-order chi connectivity index (χ0) is 15.0. The van der Waals surface area contributed by atoms with Crippen molar-refractivity contribution < 1.29 is 4.79 Å². The van der Waals surface area contributed by atoms with E-state index in [0.717, 1.165) is 25.9 Å². The van der Waals surface area contributed by atoms with Crippen LogP contribution < -0.4 is 11.1 Å². The van der Waals surface area contributed by atoms with E-state index in [1.54, 1.807) is 12.1 Å². The van der Waals surface area contributed by atoms with Gasteiger partial charge < -0.3 is 11.1 Å². The normalized spacial score (nSPS) is 10.8. The van der Waals surface area contributed by atoms with E-state index < -0.39 is 0 Å². The quantitative estimate of drug-likeness (QED) is 0.718. The molecule has 3 rings (SSSR count). The van der Waals surface area contributed by atoms with Crippen LogP contribution in [0.3, 0.4) is 0 Å². The van der Waals surface area contributed by atoms with Gasteiger partial charge in [0.25, 0.3) is 5.91 Å². The van der Waals surface area contributed by atoms with Crippen LogP contribution in [0.5, 0.6) is 0 Å². The van der Waals surface area contributed by atoms with E-state index in [4.69, 9.17) is 5.73 Å². The van der Waals surface area contributed by atoms with E-state index in [9.17, 15) is 4.79 Å². The largest absolute Gasteiger partial charge is 0.375 e. The third kappa shape index (κ3) is 2.91. The van der Waals surface area contributed by atoms with Crippen molar-refractivity contribution >= 4 is 54.2 Å². The zero-order valence-corrected chi connectivity index (χ0v) is 13.6. The summed E-state index contributed by atoms with van der Waals surface area (Å²) in [5.41, 5.74) is 8.97. The van der Waals surface area contributed by atoms with E-state index in [2.05, 4.69) is 26.2 Å². The van der Waals surface area contributed by atoms with Crippen LogP contribution in [0.4, 0.5) is 10.8 Å². The number of rotatable bonds is 2. The van der Waals surface area contributed by atoms with Gasteiger partial charge in [0, 0.05) is 15.7 Å². The van der Waals surface area contributed by atoms with Gasteiger partial charge in [-0.25, -0.2) is 4.98 Å². The Morgan fingerprint density at radius 2 is 2.00 bits per heavy atom. The lowest BCUT2D eigenvalue weighted by atomic mass is 10.1. The number of carbonyl (C=O) groups is 1. The molecule has 1 aromatic heterocycles. The molecular weight excluding hydrogens is 350 g/mol. The van der Waals surface area contributed by atoms with Crippen molar-refractivity contribution in [1.29, 1.82) is 0 Å². The number of hydrogen-bond acceptors (Lipinski definition) is 4. The molecule has 0 aliphatic carbocycles. The van der Waals surface area contributed by atoms with Gasteiger partial charge in [-0.3, -0.25) is 4.79 Å². The highest BCUT2D eigenvalue weighted by Crippen LogP contribution is 2.29. The highest BCUT2D eigenvalue weighted by atomic mass is 79.9. The van der Waals surface area contributed by atoms with Crippen LogP contribution in [0.1, 0.15) is 15.9 Å². The van der Waals surface area contributed by atoms with Crippen molar-refractivity contribution in [2.75, 3.05) is 11.1 Å². The fourth-order valence-corrected chi connectivity index (χ4v) is 3.21. The van der Waals surface area contributed by atoms with E-state index in [0.29, 0.717) is 10.7 Å². The number of aromatic nitrogens is 1. The molecule has 3 aromatic rings. The number of nitrogen functional groups attached to an aromatic ring is 1. The summed E-state index contributed by atoms with van der Waals surface area (Å²) in [5, 5.41) is 3.44. The summed E-state index contributed by atoms with van der Waals surface area (Å²) in [6.07, 6.45) is 0. The maximum absolute atomic E-state index is 12.2. The van der Waals surface area contributed by atoms with Crippen LogP contribution in [-0.2, 0) is 0 Å². The number of aryl methyl sites for hydroxylation is 1. The predicted octanol–water partition coefficient (Wildman–Crippen LogP) is 4.20. The van der Waals surface area contributed by atoms with E-state index in [-0.39, 0.29) is 5.91 Å². The first-order valence-corrected chi connectivity index (χ1v) is 7.87. The number of fused-ring (bicyclic) bond motifs is 1. The molecule has 0 saturated carbocycles. The second kappa shape index (κ2) is 5.46. The summed E-state index contributed by atoms with van der Waals surface area (Å²) in [6, 6.07) is 11.0. The molecule has 1 heterocycles. The number of hydrogen-bond donors (Lipinski definition) is 2. The summed E-state index contributed by atoms with van der Waals surface area (Å²) >= 11 is 4.77. The van der Waals surface area contributed by atoms with E-state index in [1.807, 2.05) is 31.2 Å². The molecule has 0 atom stereocenters. The number of anilines is 2. The van der Waals surface area contributed by atoms with Gasteiger partial charge in [-0.15, -0.1) is 0 Å². The van der Waals surface area contributed by atoms with Crippen LogP contribution in [0, 0.1) is 6.92 Å². The molecule has 0 unspecified atom stereocenters. The van der Waals surface area contributed by atoms with Crippen LogP contribution in [0.25, 0.3) is 10.2 Å². The smallest absolute Gasteiger partial charge is 0.255 e. The Morgan fingerprint density at radius 3 is 2.71 bits per heavy atom. The fraction of sp³-hybridized carbons (Fsp3) is 0.0667. The molecule has 4 nitrogen and oxygen atoms in total. The van der Waals surface area contributed by atoms with Crippen LogP contribution >= 0.6 is 27.3 Å². The standard InChI is InChI=1S/C15H12BrN3OS/c1-8-6-11(7-12-13(8)19-15(17)21-12)18-14(20)9-2-4-10(16)5-3-9/h2-7H,1H3,(H2,17,19)(H,18,20). The van der Waals surface area contributed by atoms with Crippen molar-refractivity contribution in [3.8, 4) is 0 Å². The zero-order valence-electron chi connectivity index (χ0n) is 11.2. The number of halogens is 1. The minimum atomic E-state index is -0.140. The Labute approximate surface area is 134 Å².